The van der Waals surface area contributed by atoms with Crippen molar-refractivity contribution in [3.05, 3.63) is 35.9 Å². The Morgan fingerprint density at radius 2 is 1.80 bits per heavy atom. The molecule has 108 valence electrons. The number of fused-ring (bicyclic) bond motifs is 2. The number of nitrogens with zero attached hydrogens (tertiary/aromatic N) is 1. The van der Waals surface area contributed by atoms with Crippen LogP contribution in [0.1, 0.15) is 24.8 Å². The third kappa shape index (κ3) is 2.45. The van der Waals surface area contributed by atoms with Crippen LogP contribution < -0.4 is 0 Å². The van der Waals surface area contributed by atoms with Crippen molar-refractivity contribution >= 4 is 5.97 Å². The highest BCUT2D eigenvalue weighted by Gasteiger charge is 2.53. The van der Waals surface area contributed by atoms with Crippen LogP contribution in [-0.2, 0) is 11.3 Å². The minimum absolute atomic E-state index is 0.0982. The van der Waals surface area contributed by atoms with Gasteiger partial charge in [-0.2, -0.15) is 0 Å². The van der Waals surface area contributed by atoms with E-state index in [-0.39, 0.29) is 18.3 Å². The largest absolute Gasteiger partial charge is 0.481 e. The third-order valence-corrected chi connectivity index (χ3v) is 4.92. The predicted octanol–water partition coefficient (Wildman–Crippen LogP) is 1.73. The highest BCUT2D eigenvalue weighted by atomic mass is 16.4. The molecule has 1 aromatic rings. The van der Waals surface area contributed by atoms with E-state index >= 15 is 0 Å². The summed E-state index contributed by atoms with van der Waals surface area (Å²) in [7, 11) is 0. The van der Waals surface area contributed by atoms with E-state index in [4.69, 9.17) is 5.11 Å². The van der Waals surface area contributed by atoms with Crippen LogP contribution in [0.2, 0.25) is 0 Å². The minimum Gasteiger partial charge on any atom is -0.481 e. The van der Waals surface area contributed by atoms with Crippen molar-refractivity contribution in [1.82, 2.24) is 4.90 Å². The second kappa shape index (κ2) is 5.19. The summed E-state index contributed by atoms with van der Waals surface area (Å²) in [5, 5.41) is 19.7. The number of aliphatic carboxylic acids is 1. The van der Waals surface area contributed by atoms with Crippen LogP contribution in [-0.4, -0.2) is 39.8 Å². The van der Waals surface area contributed by atoms with Gasteiger partial charge in [0.2, 0.25) is 0 Å². The summed E-state index contributed by atoms with van der Waals surface area (Å²) < 4.78 is 0. The molecule has 0 aromatic heterocycles. The number of carboxylic acid groups (broad SMARTS) is 1. The van der Waals surface area contributed by atoms with Crippen LogP contribution in [0.3, 0.4) is 0 Å². The molecule has 0 spiro atoms. The lowest BCUT2D eigenvalue weighted by Gasteiger charge is -2.43. The first-order chi connectivity index (χ1) is 9.58. The van der Waals surface area contributed by atoms with Gasteiger partial charge >= 0.3 is 5.97 Å². The van der Waals surface area contributed by atoms with E-state index in [1.54, 1.807) is 0 Å². The molecule has 0 radical (unpaired) electrons. The Labute approximate surface area is 119 Å². The zero-order valence-corrected chi connectivity index (χ0v) is 11.5. The molecule has 4 nitrogen and oxygen atoms in total. The first-order valence-electron chi connectivity index (χ1n) is 7.28. The number of rotatable bonds is 4. The fraction of sp³-hybridized carbons (Fsp3) is 0.562. The van der Waals surface area contributed by atoms with Gasteiger partial charge in [0.25, 0.3) is 0 Å². The van der Waals surface area contributed by atoms with Crippen LogP contribution in [0.25, 0.3) is 0 Å². The molecule has 1 saturated carbocycles. The van der Waals surface area contributed by atoms with Gasteiger partial charge in [0, 0.05) is 31.5 Å². The summed E-state index contributed by atoms with van der Waals surface area (Å²) in [4.78, 5) is 13.3. The number of carbonyl (C=O) groups is 1. The molecule has 4 heteroatoms. The zero-order chi connectivity index (χ0) is 14.2. The van der Waals surface area contributed by atoms with Crippen molar-refractivity contribution in [1.29, 1.82) is 0 Å². The summed E-state index contributed by atoms with van der Waals surface area (Å²) in [5.41, 5.74) is 0.287. The van der Waals surface area contributed by atoms with Crippen molar-refractivity contribution < 1.29 is 15.0 Å². The van der Waals surface area contributed by atoms with E-state index in [1.165, 1.54) is 5.56 Å². The van der Waals surface area contributed by atoms with Gasteiger partial charge in [0.05, 0.1) is 12.0 Å². The second-order valence-corrected chi connectivity index (χ2v) is 6.21. The topological polar surface area (TPSA) is 60.8 Å². The van der Waals surface area contributed by atoms with Gasteiger partial charge in [-0.25, -0.2) is 0 Å². The fourth-order valence-corrected chi connectivity index (χ4v) is 3.93. The molecule has 2 unspecified atom stereocenters. The quantitative estimate of drug-likeness (QED) is 0.878. The highest BCUT2D eigenvalue weighted by molar-refractivity contribution is 5.68. The van der Waals surface area contributed by atoms with Gasteiger partial charge in [0.1, 0.15) is 0 Å². The number of piperidine rings is 1. The lowest BCUT2D eigenvalue weighted by molar-refractivity contribution is -0.151. The maximum absolute atomic E-state index is 11.0. The van der Waals surface area contributed by atoms with Crippen molar-refractivity contribution in [3.8, 4) is 0 Å². The standard InChI is InChI=1S/C16H21NO3/c18-15(19)8-16(20)13-6-7-14(16)11-17(10-13)9-12-4-2-1-3-5-12/h1-5,13-14,20H,6-11H2,(H,18,19). The van der Waals surface area contributed by atoms with Crippen LogP contribution in [0, 0.1) is 11.8 Å². The van der Waals surface area contributed by atoms with E-state index in [2.05, 4.69) is 17.0 Å². The molecule has 2 bridgehead atoms. The number of aliphatic hydroxyl groups is 1. The van der Waals surface area contributed by atoms with E-state index in [1.807, 2.05) is 18.2 Å². The monoisotopic (exact) mass is 275 g/mol. The third-order valence-electron chi connectivity index (χ3n) is 4.92. The highest BCUT2D eigenvalue weighted by Crippen LogP contribution is 2.47. The molecule has 1 aliphatic carbocycles. The first kappa shape index (κ1) is 13.6. The fourth-order valence-electron chi connectivity index (χ4n) is 3.93. The number of hydrogen-bond acceptors (Lipinski definition) is 3. The summed E-state index contributed by atoms with van der Waals surface area (Å²) >= 11 is 0. The van der Waals surface area contributed by atoms with Crippen molar-refractivity contribution in [2.75, 3.05) is 13.1 Å². The van der Waals surface area contributed by atoms with Crippen LogP contribution in [0.5, 0.6) is 0 Å². The van der Waals surface area contributed by atoms with Gasteiger partial charge in [0.15, 0.2) is 0 Å². The number of benzene rings is 1. The van der Waals surface area contributed by atoms with Crippen molar-refractivity contribution in [2.45, 2.75) is 31.4 Å². The predicted molar refractivity (Wildman–Crippen MR) is 75.1 cm³/mol. The van der Waals surface area contributed by atoms with E-state index < -0.39 is 11.6 Å². The normalized spacial score (nSPS) is 33.2. The first-order valence-corrected chi connectivity index (χ1v) is 7.28. The Balaban J connectivity index is 1.69. The van der Waals surface area contributed by atoms with Crippen molar-refractivity contribution in [3.63, 3.8) is 0 Å². The molecule has 2 atom stereocenters. The Morgan fingerprint density at radius 1 is 1.20 bits per heavy atom. The molecule has 20 heavy (non-hydrogen) atoms. The molecule has 0 amide bonds. The zero-order valence-electron chi connectivity index (χ0n) is 11.5. The van der Waals surface area contributed by atoms with Crippen LogP contribution in [0.15, 0.2) is 30.3 Å². The van der Waals surface area contributed by atoms with Crippen LogP contribution in [0.4, 0.5) is 0 Å². The van der Waals surface area contributed by atoms with Gasteiger partial charge in [-0.1, -0.05) is 30.3 Å². The molecule has 1 heterocycles. The molecular weight excluding hydrogens is 254 g/mol. The Morgan fingerprint density at radius 3 is 2.35 bits per heavy atom. The van der Waals surface area contributed by atoms with Gasteiger partial charge in [-0.3, -0.25) is 9.69 Å². The number of carboxylic acids is 1. The lowest BCUT2D eigenvalue weighted by atomic mass is 9.78. The molecule has 2 fully saturated rings. The summed E-state index contributed by atoms with van der Waals surface area (Å²) in [5.74, 6) is -0.692. The Kier molecular flexibility index (Phi) is 3.52. The molecule has 2 aliphatic rings. The van der Waals surface area contributed by atoms with Crippen LogP contribution >= 0.6 is 0 Å². The summed E-state index contributed by atoms with van der Waals surface area (Å²) in [6, 6.07) is 10.3. The van der Waals surface area contributed by atoms with E-state index in [9.17, 15) is 9.90 Å². The molecule has 2 N–H and O–H groups in total. The Bertz CT molecular complexity index is 474. The SMILES string of the molecule is O=C(O)CC1(O)C2CCC1CN(Cc1ccccc1)C2. The summed E-state index contributed by atoms with van der Waals surface area (Å²) in [6.07, 6.45) is 1.78. The maximum atomic E-state index is 11.0. The molecule has 1 saturated heterocycles. The number of hydrogen-bond donors (Lipinski definition) is 2. The van der Waals surface area contributed by atoms with Crippen molar-refractivity contribution in [2.24, 2.45) is 11.8 Å². The van der Waals surface area contributed by atoms with E-state index in [0.717, 1.165) is 32.5 Å². The van der Waals surface area contributed by atoms with Gasteiger partial charge in [-0.05, 0) is 18.4 Å². The van der Waals surface area contributed by atoms with Gasteiger partial charge in [-0.15, -0.1) is 0 Å². The van der Waals surface area contributed by atoms with Gasteiger partial charge < -0.3 is 10.2 Å². The minimum atomic E-state index is -0.987. The molecule has 1 aliphatic heterocycles. The number of likely N-dealkylation sites (tertiary alicyclic amines) is 1. The maximum Gasteiger partial charge on any atom is 0.306 e. The molecule has 3 rings (SSSR count). The van der Waals surface area contributed by atoms with E-state index in [0.29, 0.717) is 0 Å². The molecular formula is C16H21NO3. The molecule has 1 aromatic carbocycles. The average molecular weight is 275 g/mol. The average Bonchev–Trinajstić information content (AvgIpc) is 2.60. The Hall–Kier alpha value is -1.39. The summed E-state index contributed by atoms with van der Waals surface area (Å²) in [6.45, 7) is 2.49. The smallest absolute Gasteiger partial charge is 0.306 e. The lowest BCUT2D eigenvalue weighted by Crippen LogP contribution is -2.54. The second-order valence-electron chi connectivity index (χ2n) is 6.21.